The Labute approximate surface area is 107 Å². The molecular formula is C12H18N2S2. The van der Waals surface area contributed by atoms with Gasteiger partial charge in [-0.05, 0) is 24.9 Å². The molecule has 0 unspecified atom stereocenters. The fraction of sp³-hybridized carbons (Fsp3) is 0.417. The van der Waals surface area contributed by atoms with Crippen molar-refractivity contribution in [1.82, 2.24) is 4.90 Å². The van der Waals surface area contributed by atoms with Crippen LogP contribution in [0.2, 0.25) is 0 Å². The highest BCUT2D eigenvalue weighted by molar-refractivity contribution is 7.98. The lowest BCUT2D eigenvalue weighted by atomic mass is 10.1. The molecule has 0 saturated heterocycles. The van der Waals surface area contributed by atoms with Gasteiger partial charge in [0, 0.05) is 24.4 Å². The lowest BCUT2D eigenvalue weighted by molar-refractivity contribution is 0.349. The van der Waals surface area contributed by atoms with Crippen LogP contribution in [0.15, 0.2) is 24.3 Å². The molecule has 0 aromatic heterocycles. The molecule has 88 valence electrons. The first-order valence-corrected chi connectivity index (χ1v) is 7.00. The van der Waals surface area contributed by atoms with E-state index in [0.29, 0.717) is 4.99 Å². The molecule has 0 saturated carbocycles. The van der Waals surface area contributed by atoms with Gasteiger partial charge in [0.05, 0.1) is 0 Å². The lowest BCUT2D eigenvalue weighted by Gasteiger charge is -2.16. The highest BCUT2D eigenvalue weighted by Crippen LogP contribution is 2.08. The van der Waals surface area contributed by atoms with Gasteiger partial charge in [0.2, 0.25) is 0 Å². The summed E-state index contributed by atoms with van der Waals surface area (Å²) in [5, 5.41) is 0. The first-order valence-electron chi connectivity index (χ1n) is 5.19. The number of nitrogens with zero attached hydrogens (tertiary/aromatic N) is 1. The van der Waals surface area contributed by atoms with E-state index in [4.69, 9.17) is 18.0 Å². The molecular weight excluding hydrogens is 236 g/mol. The summed E-state index contributed by atoms with van der Waals surface area (Å²) in [6.45, 7) is 2.04. The number of thiocarbonyl (C=S) groups is 1. The minimum Gasteiger partial charge on any atom is -0.389 e. The Morgan fingerprint density at radius 2 is 2.25 bits per heavy atom. The maximum Gasteiger partial charge on any atom is 0.103 e. The highest BCUT2D eigenvalue weighted by atomic mass is 32.2. The largest absolute Gasteiger partial charge is 0.389 e. The molecule has 0 aliphatic carbocycles. The predicted octanol–water partition coefficient (Wildman–Crippen LogP) is 2.12. The average Bonchev–Trinajstić information content (AvgIpc) is 2.26. The molecule has 1 aromatic rings. The molecule has 0 amide bonds. The van der Waals surface area contributed by atoms with Gasteiger partial charge in [-0.15, -0.1) is 0 Å². The van der Waals surface area contributed by atoms with E-state index in [1.807, 2.05) is 23.9 Å². The van der Waals surface area contributed by atoms with Crippen LogP contribution < -0.4 is 5.73 Å². The Bertz CT molecular complexity index is 353. The number of nitrogens with two attached hydrogens (primary N) is 1. The molecule has 0 spiro atoms. The second-order valence-electron chi connectivity index (χ2n) is 3.80. The molecule has 2 nitrogen and oxygen atoms in total. The fourth-order valence-corrected chi connectivity index (χ4v) is 2.08. The van der Waals surface area contributed by atoms with Crippen LogP contribution in [0.5, 0.6) is 0 Å². The number of benzene rings is 1. The minimum atomic E-state index is 0.466. The van der Waals surface area contributed by atoms with E-state index in [9.17, 15) is 0 Å². The Balaban J connectivity index is 2.59. The molecule has 0 aliphatic rings. The van der Waals surface area contributed by atoms with E-state index in [0.717, 1.165) is 24.4 Å². The summed E-state index contributed by atoms with van der Waals surface area (Å²) >= 11 is 6.83. The Kier molecular flexibility index (Phi) is 5.80. The van der Waals surface area contributed by atoms with Crippen molar-refractivity contribution in [2.24, 2.45) is 5.73 Å². The summed E-state index contributed by atoms with van der Waals surface area (Å²) in [5.74, 6) is 1.16. The SMILES string of the molecule is CSCCN(C)Cc1cccc(C(N)=S)c1. The zero-order valence-electron chi connectivity index (χ0n) is 9.77. The van der Waals surface area contributed by atoms with E-state index >= 15 is 0 Å². The fourth-order valence-electron chi connectivity index (χ4n) is 1.46. The Morgan fingerprint density at radius 3 is 2.88 bits per heavy atom. The van der Waals surface area contributed by atoms with Gasteiger partial charge in [0.15, 0.2) is 0 Å². The first-order chi connectivity index (χ1) is 7.63. The molecule has 1 rings (SSSR count). The van der Waals surface area contributed by atoms with E-state index in [1.165, 1.54) is 5.56 Å². The molecule has 0 heterocycles. The van der Waals surface area contributed by atoms with Crippen molar-refractivity contribution < 1.29 is 0 Å². The molecule has 0 aliphatic heterocycles. The lowest BCUT2D eigenvalue weighted by Crippen LogP contribution is -2.21. The van der Waals surface area contributed by atoms with Gasteiger partial charge in [0.1, 0.15) is 4.99 Å². The number of rotatable bonds is 6. The molecule has 0 radical (unpaired) electrons. The van der Waals surface area contributed by atoms with E-state index in [2.05, 4.69) is 30.3 Å². The average molecular weight is 254 g/mol. The van der Waals surface area contributed by atoms with Crippen LogP contribution in [0.4, 0.5) is 0 Å². The van der Waals surface area contributed by atoms with Gasteiger partial charge in [0.25, 0.3) is 0 Å². The molecule has 2 N–H and O–H groups in total. The van der Waals surface area contributed by atoms with Crippen LogP contribution in [0.1, 0.15) is 11.1 Å². The van der Waals surface area contributed by atoms with Crippen molar-refractivity contribution in [2.45, 2.75) is 6.54 Å². The summed E-state index contributed by atoms with van der Waals surface area (Å²) < 4.78 is 0. The topological polar surface area (TPSA) is 29.3 Å². The van der Waals surface area contributed by atoms with Gasteiger partial charge in [-0.25, -0.2) is 0 Å². The third-order valence-corrected chi connectivity index (χ3v) is 3.17. The van der Waals surface area contributed by atoms with Crippen molar-refractivity contribution in [3.63, 3.8) is 0 Å². The minimum absolute atomic E-state index is 0.466. The number of hydrogen-bond donors (Lipinski definition) is 1. The van der Waals surface area contributed by atoms with Gasteiger partial charge >= 0.3 is 0 Å². The van der Waals surface area contributed by atoms with Gasteiger partial charge in [-0.2, -0.15) is 11.8 Å². The molecule has 16 heavy (non-hydrogen) atoms. The quantitative estimate of drug-likeness (QED) is 0.787. The maximum atomic E-state index is 5.61. The third-order valence-electron chi connectivity index (χ3n) is 2.34. The predicted molar refractivity (Wildman–Crippen MR) is 77.0 cm³/mol. The summed E-state index contributed by atoms with van der Waals surface area (Å²) in [6.07, 6.45) is 2.13. The van der Waals surface area contributed by atoms with Crippen molar-refractivity contribution in [3.05, 3.63) is 35.4 Å². The smallest absolute Gasteiger partial charge is 0.103 e. The second-order valence-corrected chi connectivity index (χ2v) is 5.22. The molecule has 1 aromatic carbocycles. The van der Waals surface area contributed by atoms with Crippen molar-refractivity contribution in [3.8, 4) is 0 Å². The van der Waals surface area contributed by atoms with E-state index in [-0.39, 0.29) is 0 Å². The highest BCUT2D eigenvalue weighted by Gasteiger charge is 2.02. The summed E-state index contributed by atoms with van der Waals surface area (Å²) in [7, 11) is 2.13. The van der Waals surface area contributed by atoms with E-state index < -0.39 is 0 Å². The summed E-state index contributed by atoms with van der Waals surface area (Å²) in [6, 6.07) is 8.13. The normalized spacial score (nSPS) is 10.7. The number of thioether (sulfide) groups is 1. The first kappa shape index (κ1) is 13.5. The Morgan fingerprint density at radius 1 is 1.50 bits per heavy atom. The molecule has 4 heteroatoms. The third kappa shape index (κ3) is 4.51. The standard InChI is InChI=1S/C12H18N2S2/c1-14(6-7-16-2)9-10-4-3-5-11(8-10)12(13)15/h3-5,8H,6-7,9H2,1-2H3,(H2,13,15). The molecule has 0 atom stereocenters. The number of hydrogen-bond acceptors (Lipinski definition) is 3. The zero-order valence-corrected chi connectivity index (χ0v) is 11.4. The summed E-state index contributed by atoms with van der Waals surface area (Å²) in [4.78, 5) is 2.77. The Hall–Kier alpha value is -0.580. The maximum absolute atomic E-state index is 5.61. The second kappa shape index (κ2) is 6.89. The van der Waals surface area contributed by atoms with Crippen LogP contribution in [-0.4, -0.2) is 35.5 Å². The molecule has 0 fully saturated rings. The van der Waals surface area contributed by atoms with E-state index in [1.54, 1.807) is 0 Å². The van der Waals surface area contributed by atoms with Crippen LogP contribution in [0.3, 0.4) is 0 Å². The van der Waals surface area contributed by atoms with Gasteiger partial charge in [-0.1, -0.05) is 30.4 Å². The van der Waals surface area contributed by atoms with Crippen LogP contribution in [0.25, 0.3) is 0 Å². The van der Waals surface area contributed by atoms with Gasteiger partial charge < -0.3 is 10.6 Å². The molecule has 0 bridgehead atoms. The monoisotopic (exact) mass is 254 g/mol. The van der Waals surface area contributed by atoms with Crippen LogP contribution >= 0.6 is 24.0 Å². The van der Waals surface area contributed by atoms with Crippen molar-refractivity contribution in [1.29, 1.82) is 0 Å². The van der Waals surface area contributed by atoms with Crippen LogP contribution in [0, 0.1) is 0 Å². The van der Waals surface area contributed by atoms with Gasteiger partial charge in [-0.3, -0.25) is 0 Å². The van der Waals surface area contributed by atoms with Crippen molar-refractivity contribution in [2.75, 3.05) is 25.6 Å². The van der Waals surface area contributed by atoms with Crippen LogP contribution in [-0.2, 0) is 6.54 Å². The van der Waals surface area contributed by atoms with Crippen molar-refractivity contribution >= 4 is 29.0 Å². The zero-order chi connectivity index (χ0) is 12.0. The summed E-state index contributed by atoms with van der Waals surface area (Å²) in [5.41, 5.74) is 7.82.